The van der Waals surface area contributed by atoms with Crippen molar-refractivity contribution in [3.63, 3.8) is 0 Å². The lowest BCUT2D eigenvalue weighted by atomic mass is 9.88. The highest BCUT2D eigenvalue weighted by Gasteiger charge is 2.46. The third-order valence-electron chi connectivity index (χ3n) is 4.34. The van der Waals surface area contributed by atoms with E-state index in [0.717, 1.165) is 5.57 Å². The van der Waals surface area contributed by atoms with Crippen LogP contribution in [0.15, 0.2) is 35.9 Å². The number of carbonyl (C=O) groups excluding carboxylic acids is 1. The first-order valence-corrected chi connectivity index (χ1v) is 8.26. The SMILES string of the molecule is COCC1(C(=O)O)CCN(C(=O)c2cccc(OCC=C(C)C)c2)C1. The highest BCUT2D eigenvalue weighted by Crippen LogP contribution is 2.32. The van der Waals surface area contributed by atoms with Gasteiger partial charge in [-0.05, 0) is 44.5 Å². The van der Waals surface area contributed by atoms with Gasteiger partial charge in [-0.1, -0.05) is 11.6 Å². The number of benzene rings is 1. The summed E-state index contributed by atoms with van der Waals surface area (Å²) in [6, 6.07) is 6.97. The summed E-state index contributed by atoms with van der Waals surface area (Å²) in [4.78, 5) is 25.9. The van der Waals surface area contributed by atoms with Crippen LogP contribution in [0, 0.1) is 5.41 Å². The monoisotopic (exact) mass is 347 g/mol. The number of nitrogens with zero attached hydrogens (tertiary/aromatic N) is 1. The Bertz CT molecular complexity index is 666. The van der Waals surface area contributed by atoms with Gasteiger partial charge in [0.1, 0.15) is 17.8 Å². The van der Waals surface area contributed by atoms with Crippen LogP contribution in [0.5, 0.6) is 5.75 Å². The molecule has 1 amide bonds. The van der Waals surface area contributed by atoms with Crippen molar-refractivity contribution in [2.24, 2.45) is 5.41 Å². The molecule has 136 valence electrons. The van der Waals surface area contributed by atoms with Crippen molar-refractivity contribution in [2.75, 3.05) is 33.4 Å². The molecule has 0 aliphatic carbocycles. The number of aliphatic carboxylic acids is 1. The minimum absolute atomic E-state index is 0.0952. The third kappa shape index (κ3) is 4.60. The predicted octanol–water partition coefficient (Wildman–Crippen LogP) is 2.59. The van der Waals surface area contributed by atoms with E-state index in [-0.39, 0.29) is 19.1 Å². The fraction of sp³-hybridized carbons (Fsp3) is 0.474. The zero-order chi connectivity index (χ0) is 18.4. The topological polar surface area (TPSA) is 76.1 Å². The Hall–Kier alpha value is -2.34. The van der Waals surface area contributed by atoms with Crippen LogP contribution in [0.3, 0.4) is 0 Å². The zero-order valence-corrected chi connectivity index (χ0v) is 14.9. The van der Waals surface area contributed by atoms with E-state index in [1.165, 1.54) is 7.11 Å². The van der Waals surface area contributed by atoms with Crippen LogP contribution in [-0.2, 0) is 9.53 Å². The second-order valence-electron chi connectivity index (χ2n) is 6.62. The summed E-state index contributed by atoms with van der Waals surface area (Å²) in [7, 11) is 1.47. The van der Waals surface area contributed by atoms with Crippen LogP contribution >= 0.6 is 0 Å². The lowest BCUT2D eigenvalue weighted by Gasteiger charge is -2.23. The smallest absolute Gasteiger partial charge is 0.313 e. The molecule has 25 heavy (non-hydrogen) atoms. The molecule has 1 aromatic rings. The number of carbonyl (C=O) groups is 2. The van der Waals surface area contributed by atoms with Crippen molar-refractivity contribution in [3.8, 4) is 5.75 Å². The van der Waals surface area contributed by atoms with Gasteiger partial charge in [0.2, 0.25) is 0 Å². The fourth-order valence-corrected chi connectivity index (χ4v) is 2.88. The van der Waals surface area contributed by atoms with E-state index < -0.39 is 11.4 Å². The molecule has 1 saturated heterocycles. The molecule has 0 aromatic heterocycles. The number of methoxy groups -OCH3 is 1. The Morgan fingerprint density at radius 1 is 1.36 bits per heavy atom. The van der Waals surface area contributed by atoms with Crippen LogP contribution < -0.4 is 4.74 Å². The molecule has 2 rings (SSSR count). The van der Waals surface area contributed by atoms with E-state index in [0.29, 0.717) is 30.9 Å². The molecule has 0 radical (unpaired) electrons. The molecule has 1 aliphatic heterocycles. The maximum Gasteiger partial charge on any atom is 0.313 e. The molecular weight excluding hydrogens is 322 g/mol. The summed E-state index contributed by atoms with van der Waals surface area (Å²) < 4.78 is 10.7. The third-order valence-corrected chi connectivity index (χ3v) is 4.34. The minimum Gasteiger partial charge on any atom is -0.490 e. The molecule has 1 aliphatic rings. The van der Waals surface area contributed by atoms with Gasteiger partial charge in [-0.15, -0.1) is 0 Å². The Kier molecular flexibility index (Phi) is 6.20. The number of amides is 1. The zero-order valence-electron chi connectivity index (χ0n) is 14.9. The molecule has 1 N–H and O–H groups in total. The van der Waals surface area contributed by atoms with E-state index in [4.69, 9.17) is 9.47 Å². The first-order valence-electron chi connectivity index (χ1n) is 8.26. The molecule has 6 nitrogen and oxygen atoms in total. The lowest BCUT2D eigenvalue weighted by Crippen LogP contribution is -2.40. The number of likely N-dealkylation sites (tertiary alicyclic amines) is 1. The second kappa shape index (κ2) is 8.16. The summed E-state index contributed by atoms with van der Waals surface area (Å²) in [6.07, 6.45) is 2.35. The first-order chi connectivity index (χ1) is 11.9. The molecule has 6 heteroatoms. The molecule has 1 aromatic carbocycles. The summed E-state index contributed by atoms with van der Waals surface area (Å²) in [5, 5.41) is 9.51. The van der Waals surface area contributed by atoms with Crippen LogP contribution in [0.2, 0.25) is 0 Å². The Balaban J connectivity index is 2.08. The second-order valence-corrected chi connectivity index (χ2v) is 6.62. The predicted molar refractivity (Wildman–Crippen MR) is 93.8 cm³/mol. The molecule has 1 atom stereocenters. The maximum atomic E-state index is 12.7. The van der Waals surface area contributed by atoms with E-state index >= 15 is 0 Å². The Morgan fingerprint density at radius 3 is 2.76 bits per heavy atom. The Labute approximate surface area is 148 Å². The normalized spacial score (nSPS) is 19.6. The largest absolute Gasteiger partial charge is 0.490 e. The average Bonchev–Trinajstić information content (AvgIpc) is 3.00. The number of carboxylic acid groups (broad SMARTS) is 1. The van der Waals surface area contributed by atoms with Gasteiger partial charge >= 0.3 is 5.97 Å². The van der Waals surface area contributed by atoms with E-state index in [1.54, 1.807) is 29.2 Å². The highest BCUT2D eigenvalue weighted by molar-refractivity contribution is 5.95. The quantitative estimate of drug-likeness (QED) is 0.767. The molecular formula is C19H25NO5. The van der Waals surface area contributed by atoms with Gasteiger partial charge in [-0.2, -0.15) is 0 Å². The number of allylic oxidation sites excluding steroid dienone is 1. The van der Waals surface area contributed by atoms with Gasteiger partial charge < -0.3 is 19.5 Å². The van der Waals surface area contributed by atoms with Gasteiger partial charge in [-0.3, -0.25) is 9.59 Å². The van der Waals surface area contributed by atoms with Crippen molar-refractivity contribution < 1.29 is 24.2 Å². The summed E-state index contributed by atoms with van der Waals surface area (Å²) in [6.45, 7) is 5.07. The Morgan fingerprint density at radius 2 is 2.12 bits per heavy atom. The van der Waals surface area contributed by atoms with Crippen molar-refractivity contribution in [1.82, 2.24) is 4.90 Å². The molecule has 1 heterocycles. The number of rotatable bonds is 7. The molecule has 0 bridgehead atoms. The molecule has 1 fully saturated rings. The minimum atomic E-state index is -1.03. The number of ether oxygens (including phenoxy) is 2. The summed E-state index contributed by atoms with van der Waals surface area (Å²) >= 11 is 0. The van der Waals surface area contributed by atoms with E-state index in [9.17, 15) is 14.7 Å². The molecule has 0 spiro atoms. The van der Waals surface area contributed by atoms with Crippen molar-refractivity contribution in [3.05, 3.63) is 41.5 Å². The molecule has 0 saturated carbocycles. The van der Waals surface area contributed by atoms with Crippen LogP contribution in [-0.4, -0.2) is 55.3 Å². The van der Waals surface area contributed by atoms with Gasteiger partial charge in [-0.25, -0.2) is 0 Å². The fourth-order valence-electron chi connectivity index (χ4n) is 2.88. The van der Waals surface area contributed by atoms with E-state index in [1.807, 2.05) is 19.9 Å². The van der Waals surface area contributed by atoms with E-state index in [2.05, 4.69) is 0 Å². The summed E-state index contributed by atoms with van der Waals surface area (Å²) in [5.41, 5.74) is 0.628. The van der Waals surface area contributed by atoms with Crippen LogP contribution in [0.4, 0.5) is 0 Å². The van der Waals surface area contributed by atoms with Crippen molar-refractivity contribution >= 4 is 11.9 Å². The van der Waals surface area contributed by atoms with Crippen molar-refractivity contribution in [1.29, 1.82) is 0 Å². The van der Waals surface area contributed by atoms with Gasteiger partial charge in [0.15, 0.2) is 0 Å². The van der Waals surface area contributed by atoms with Gasteiger partial charge in [0.25, 0.3) is 5.91 Å². The first kappa shape index (κ1) is 19.0. The lowest BCUT2D eigenvalue weighted by molar-refractivity contribution is -0.151. The van der Waals surface area contributed by atoms with Crippen LogP contribution in [0.1, 0.15) is 30.6 Å². The number of hydrogen-bond donors (Lipinski definition) is 1. The van der Waals surface area contributed by atoms with Crippen molar-refractivity contribution in [2.45, 2.75) is 20.3 Å². The standard InChI is InChI=1S/C19H25NO5/c1-14(2)7-10-25-16-6-4-5-15(11-16)17(21)20-9-8-19(12-20,13-24-3)18(22)23/h4-7,11H,8-10,12-13H2,1-3H3,(H,22,23). The molecule has 1 unspecified atom stereocenters. The van der Waals surface area contributed by atoms with Crippen LogP contribution in [0.25, 0.3) is 0 Å². The summed E-state index contributed by atoms with van der Waals surface area (Å²) in [5.74, 6) is -0.501. The van der Waals surface area contributed by atoms with Gasteiger partial charge in [0, 0.05) is 25.8 Å². The maximum absolute atomic E-state index is 12.7. The number of hydrogen-bond acceptors (Lipinski definition) is 4. The highest BCUT2D eigenvalue weighted by atomic mass is 16.5. The number of carboxylic acids is 1. The van der Waals surface area contributed by atoms with Gasteiger partial charge in [0.05, 0.1) is 6.61 Å². The average molecular weight is 347 g/mol.